The van der Waals surface area contributed by atoms with E-state index < -0.39 is 0 Å². The number of carbonyl (C=O) groups excluding carboxylic acids is 2. The largest absolute Gasteiger partial charge is 0.491 e. The number of rotatable bonds is 3. The number of aldehydes is 1. The first-order valence-corrected chi connectivity index (χ1v) is 7.93. The average Bonchev–Trinajstić information content (AvgIpc) is 2.57. The second-order valence-electron chi connectivity index (χ2n) is 6.07. The van der Waals surface area contributed by atoms with Gasteiger partial charge in [-0.05, 0) is 25.0 Å². The van der Waals surface area contributed by atoms with E-state index in [9.17, 15) is 9.59 Å². The van der Waals surface area contributed by atoms with E-state index in [0.717, 1.165) is 37.1 Å². The highest BCUT2D eigenvalue weighted by Crippen LogP contribution is 2.32. The molecule has 1 aromatic rings. The average molecular weight is 302 g/mol. The van der Waals surface area contributed by atoms with Gasteiger partial charge in [0.2, 0.25) is 5.91 Å². The van der Waals surface area contributed by atoms with Gasteiger partial charge in [0.25, 0.3) is 0 Å². The molecule has 1 fully saturated rings. The van der Waals surface area contributed by atoms with Crippen molar-refractivity contribution in [1.82, 2.24) is 4.90 Å². The number of ether oxygens (including phenoxy) is 1. The van der Waals surface area contributed by atoms with Gasteiger partial charge in [-0.2, -0.15) is 0 Å². The summed E-state index contributed by atoms with van der Waals surface area (Å²) in [6.07, 6.45) is 2.57. The molecule has 2 heterocycles. The Morgan fingerprint density at radius 1 is 1.36 bits per heavy atom. The minimum atomic E-state index is -0.147. The molecule has 0 radical (unpaired) electrons. The number of fused-ring (bicyclic) bond motifs is 4. The molecule has 5 nitrogen and oxygen atoms in total. The Morgan fingerprint density at radius 3 is 3.00 bits per heavy atom. The van der Waals surface area contributed by atoms with Crippen molar-refractivity contribution >= 4 is 17.9 Å². The van der Waals surface area contributed by atoms with Gasteiger partial charge < -0.3 is 14.4 Å². The summed E-state index contributed by atoms with van der Waals surface area (Å²) in [5, 5.41) is 0. The zero-order valence-electron chi connectivity index (χ0n) is 12.9. The highest BCUT2D eigenvalue weighted by atomic mass is 16.5. The van der Waals surface area contributed by atoms with E-state index in [1.54, 1.807) is 0 Å². The number of anilines is 1. The Morgan fingerprint density at radius 2 is 2.18 bits per heavy atom. The molecule has 1 aromatic carbocycles. The molecule has 0 aromatic heterocycles. The minimum absolute atomic E-state index is 0.0458. The van der Waals surface area contributed by atoms with Crippen molar-refractivity contribution in [3.8, 4) is 5.75 Å². The van der Waals surface area contributed by atoms with Crippen molar-refractivity contribution in [2.24, 2.45) is 5.92 Å². The van der Waals surface area contributed by atoms with E-state index in [-0.39, 0.29) is 17.9 Å². The fraction of sp³-hybridized carbons (Fsp3) is 0.529. The van der Waals surface area contributed by atoms with Gasteiger partial charge in [-0.15, -0.1) is 0 Å². The summed E-state index contributed by atoms with van der Waals surface area (Å²) in [4.78, 5) is 27.8. The van der Waals surface area contributed by atoms with E-state index in [4.69, 9.17) is 4.74 Å². The number of piperazine rings is 1. The fourth-order valence-corrected chi connectivity index (χ4v) is 3.27. The topological polar surface area (TPSA) is 49.9 Å². The van der Waals surface area contributed by atoms with Crippen LogP contribution < -0.4 is 9.64 Å². The van der Waals surface area contributed by atoms with Crippen LogP contribution in [0.3, 0.4) is 0 Å². The minimum Gasteiger partial charge on any atom is -0.491 e. The maximum Gasteiger partial charge on any atom is 0.244 e. The molecule has 1 amide bonds. The van der Waals surface area contributed by atoms with Gasteiger partial charge in [-0.3, -0.25) is 9.69 Å². The Balaban J connectivity index is 1.88. The molecule has 2 unspecified atom stereocenters. The SMILES string of the molecule is CC(C=O)CN1CCN2C(=O)C1CCCOc1ccccc12. The van der Waals surface area contributed by atoms with E-state index in [1.807, 2.05) is 36.1 Å². The lowest BCUT2D eigenvalue weighted by Crippen LogP contribution is -2.58. The van der Waals surface area contributed by atoms with Crippen molar-refractivity contribution in [2.75, 3.05) is 31.1 Å². The molecule has 1 saturated heterocycles. The van der Waals surface area contributed by atoms with Gasteiger partial charge >= 0.3 is 0 Å². The van der Waals surface area contributed by atoms with Gasteiger partial charge in [-0.25, -0.2) is 0 Å². The first-order chi connectivity index (χ1) is 10.7. The second-order valence-corrected chi connectivity index (χ2v) is 6.07. The molecule has 0 saturated carbocycles. The van der Waals surface area contributed by atoms with Crippen LogP contribution in [0.25, 0.3) is 0 Å². The van der Waals surface area contributed by atoms with Gasteiger partial charge in [-0.1, -0.05) is 19.1 Å². The summed E-state index contributed by atoms with van der Waals surface area (Å²) in [6.45, 7) is 4.60. The predicted octanol–water partition coefficient (Wildman–Crippen LogP) is 1.71. The van der Waals surface area contributed by atoms with E-state index in [1.165, 1.54) is 0 Å². The highest BCUT2D eigenvalue weighted by molar-refractivity contribution is 5.99. The summed E-state index contributed by atoms with van der Waals surface area (Å²) >= 11 is 0. The summed E-state index contributed by atoms with van der Waals surface area (Å²) < 4.78 is 5.83. The number of benzene rings is 1. The van der Waals surface area contributed by atoms with Crippen molar-refractivity contribution in [3.63, 3.8) is 0 Å². The molecule has 5 heteroatoms. The van der Waals surface area contributed by atoms with Crippen LogP contribution in [0.1, 0.15) is 19.8 Å². The van der Waals surface area contributed by atoms with Crippen LogP contribution in [0, 0.1) is 5.92 Å². The van der Waals surface area contributed by atoms with Crippen LogP contribution in [-0.4, -0.2) is 49.4 Å². The lowest BCUT2D eigenvalue weighted by molar-refractivity contribution is -0.127. The molecular weight excluding hydrogens is 280 g/mol. The Kier molecular flexibility index (Phi) is 4.43. The Bertz CT molecular complexity index is 561. The number of hydrogen-bond acceptors (Lipinski definition) is 4. The lowest BCUT2D eigenvalue weighted by atomic mass is 10.0. The Hall–Kier alpha value is -1.88. The maximum absolute atomic E-state index is 12.9. The standard InChI is InChI=1S/C17H22N2O3/c1-13(12-20)11-18-8-9-19-14-5-2-3-7-16(14)22-10-4-6-15(18)17(19)21/h2-3,5,7,12-13,15H,4,6,8-11H2,1H3. The predicted molar refractivity (Wildman–Crippen MR) is 84.1 cm³/mol. The summed E-state index contributed by atoms with van der Waals surface area (Å²) in [5.41, 5.74) is 0.863. The quantitative estimate of drug-likeness (QED) is 0.798. The number of carbonyl (C=O) groups is 2. The molecule has 0 spiro atoms. The molecule has 2 atom stereocenters. The van der Waals surface area contributed by atoms with Crippen molar-refractivity contribution in [2.45, 2.75) is 25.8 Å². The van der Waals surface area contributed by atoms with Gasteiger partial charge in [0, 0.05) is 25.6 Å². The van der Waals surface area contributed by atoms with E-state index in [0.29, 0.717) is 19.7 Å². The van der Waals surface area contributed by atoms with Crippen LogP contribution in [0.15, 0.2) is 24.3 Å². The number of para-hydroxylation sites is 2. The normalized spacial score (nSPS) is 23.6. The monoisotopic (exact) mass is 302 g/mol. The first-order valence-electron chi connectivity index (χ1n) is 7.93. The number of amides is 1. The smallest absolute Gasteiger partial charge is 0.244 e. The maximum atomic E-state index is 12.9. The molecular formula is C17H22N2O3. The van der Waals surface area contributed by atoms with Gasteiger partial charge in [0.15, 0.2) is 0 Å². The van der Waals surface area contributed by atoms with Gasteiger partial charge in [0.05, 0.1) is 18.3 Å². The molecule has 2 aliphatic rings. The van der Waals surface area contributed by atoms with E-state index >= 15 is 0 Å². The molecule has 118 valence electrons. The molecule has 0 aliphatic carbocycles. The van der Waals surface area contributed by atoms with E-state index in [2.05, 4.69) is 4.90 Å². The second kappa shape index (κ2) is 6.48. The zero-order chi connectivity index (χ0) is 15.5. The number of nitrogens with zero attached hydrogens (tertiary/aromatic N) is 2. The zero-order valence-corrected chi connectivity index (χ0v) is 12.9. The third-order valence-electron chi connectivity index (χ3n) is 4.39. The van der Waals surface area contributed by atoms with Crippen LogP contribution in [0.4, 0.5) is 5.69 Å². The van der Waals surface area contributed by atoms with Crippen LogP contribution >= 0.6 is 0 Å². The molecule has 2 bridgehead atoms. The van der Waals surface area contributed by atoms with Crippen LogP contribution in [0.5, 0.6) is 5.75 Å². The molecule has 3 rings (SSSR count). The van der Waals surface area contributed by atoms with Crippen molar-refractivity contribution < 1.29 is 14.3 Å². The van der Waals surface area contributed by atoms with Crippen LogP contribution in [-0.2, 0) is 9.59 Å². The fourth-order valence-electron chi connectivity index (χ4n) is 3.27. The molecule has 0 N–H and O–H groups in total. The van der Waals surface area contributed by atoms with Crippen molar-refractivity contribution in [3.05, 3.63) is 24.3 Å². The Labute approximate surface area is 130 Å². The third kappa shape index (κ3) is 2.86. The first kappa shape index (κ1) is 15.0. The highest BCUT2D eigenvalue weighted by Gasteiger charge is 2.37. The van der Waals surface area contributed by atoms with Crippen LogP contribution in [0.2, 0.25) is 0 Å². The summed E-state index contributed by atoms with van der Waals surface area (Å²) in [6, 6.07) is 7.58. The summed E-state index contributed by atoms with van der Waals surface area (Å²) in [7, 11) is 0. The van der Waals surface area contributed by atoms with Crippen molar-refractivity contribution in [1.29, 1.82) is 0 Å². The van der Waals surface area contributed by atoms with Gasteiger partial charge in [0.1, 0.15) is 12.0 Å². The lowest BCUT2D eigenvalue weighted by Gasteiger charge is -2.41. The molecule has 22 heavy (non-hydrogen) atoms. The molecule has 2 aliphatic heterocycles. The third-order valence-corrected chi connectivity index (χ3v) is 4.39. The summed E-state index contributed by atoms with van der Waals surface area (Å²) in [5.74, 6) is 0.865. The number of hydrogen-bond donors (Lipinski definition) is 0.